The zero-order valence-electron chi connectivity index (χ0n) is 16.7. The highest BCUT2D eigenvalue weighted by Crippen LogP contribution is 2.37. The first-order valence-corrected chi connectivity index (χ1v) is 10.5. The second-order valence-electron chi connectivity index (χ2n) is 7.86. The Morgan fingerprint density at radius 2 is 1.71 bits per heavy atom. The van der Waals surface area contributed by atoms with Gasteiger partial charge in [-0.1, -0.05) is 44.0 Å². The average Bonchev–Trinajstić information content (AvgIpc) is 2.74. The molecule has 0 radical (unpaired) electrons. The van der Waals surface area contributed by atoms with E-state index in [2.05, 4.69) is 31.2 Å². The highest BCUT2D eigenvalue weighted by Gasteiger charge is 2.21. The van der Waals surface area contributed by atoms with Gasteiger partial charge in [0.15, 0.2) is 0 Å². The van der Waals surface area contributed by atoms with Crippen LogP contribution in [0.4, 0.5) is 0 Å². The molecule has 1 saturated carbocycles. The first-order chi connectivity index (χ1) is 13.7. The summed E-state index contributed by atoms with van der Waals surface area (Å²) in [6, 6.07) is 17.5. The third-order valence-electron chi connectivity index (χ3n) is 5.83. The van der Waals surface area contributed by atoms with Crippen molar-refractivity contribution in [2.75, 3.05) is 0 Å². The van der Waals surface area contributed by atoms with Crippen LogP contribution in [0.2, 0.25) is 0 Å². The van der Waals surface area contributed by atoms with Crippen molar-refractivity contribution in [3.63, 3.8) is 0 Å². The Labute approximate surface area is 168 Å². The molecule has 0 unspecified atom stereocenters. The fourth-order valence-electron chi connectivity index (χ4n) is 4.18. The largest absolute Gasteiger partial charge is 0.427 e. The van der Waals surface area contributed by atoms with Crippen LogP contribution in [0.15, 0.2) is 48.5 Å². The van der Waals surface area contributed by atoms with Crippen molar-refractivity contribution in [2.45, 2.75) is 64.2 Å². The van der Waals surface area contributed by atoms with E-state index in [9.17, 15) is 4.79 Å². The predicted molar refractivity (Wildman–Crippen MR) is 111 cm³/mol. The number of nitriles is 1. The lowest BCUT2D eigenvalue weighted by Gasteiger charge is -2.28. The van der Waals surface area contributed by atoms with E-state index in [1.165, 1.54) is 49.7 Å². The minimum atomic E-state index is -0.247. The number of benzene rings is 2. The fraction of sp³-hybridized carbons (Fsp3) is 0.440. The van der Waals surface area contributed by atoms with Crippen molar-refractivity contribution in [1.29, 1.82) is 5.26 Å². The lowest BCUT2D eigenvalue weighted by atomic mass is 9.77. The molecule has 0 amide bonds. The molecule has 0 aromatic heterocycles. The molecule has 0 atom stereocenters. The van der Waals surface area contributed by atoms with Crippen LogP contribution in [0, 0.1) is 17.2 Å². The first kappa shape index (κ1) is 20.1. The maximum atomic E-state index is 12.1. The van der Waals surface area contributed by atoms with Crippen molar-refractivity contribution in [3.8, 4) is 11.8 Å². The molecule has 2 aromatic carbocycles. The zero-order chi connectivity index (χ0) is 19.8. The number of rotatable bonds is 7. The van der Waals surface area contributed by atoms with E-state index in [-0.39, 0.29) is 5.97 Å². The van der Waals surface area contributed by atoms with Gasteiger partial charge in [-0.05, 0) is 79.3 Å². The van der Waals surface area contributed by atoms with Crippen LogP contribution >= 0.6 is 0 Å². The first-order valence-electron chi connectivity index (χ1n) is 10.5. The fourth-order valence-corrected chi connectivity index (χ4v) is 4.18. The summed E-state index contributed by atoms with van der Waals surface area (Å²) in [6.07, 6.45) is 9.05. The Morgan fingerprint density at radius 3 is 2.32 bits per heavy atom. The van der Waals surface area contributed by atoms with Crippen LogP contribution in [0.1, 0.15) is 74.5 Å². The van der Waals surface area contributed by atoms with E-state index >= 15 is 0 Å². The van der Waals surface area contributed by atoms with Gasteiger partial charge in [0, 0.05) is 6.42 Å². The molecule has 2 aromatic rings. The number of esters is 1. The number of hydrogen-bond donors (Lipinski definition) is 0. The van der Waals surface area contributed by atoms with Gasteiger partial charge in [-0.15, -0.1) is 0 Å². The summed E-state index contributed by atoms with van der Waals surface area (Å²) in [7, 11) is 0. The van der Waals surface area contributed by atoms with Gasteiger partial charge in [-0.3, -0.25) is 4.79 Å². The van der Waals surface area contributed by atoms with Crippen LogP contribution in [0.3, 0.4) is 0 Å². The molecular weight excluding hydrogens is 346 g/mol. The highest BCUT2D eigenvalue weighted by atomic mass is 16.5. The molecule has 0 spiro atoms. The summed E-state index contributed by atoms with van der Waals surface area (Å²) in [4.78, 5) is 12.1. The van der Waals surface area contributed by atoms with Gasteiger partial charge in [0.25, 0.3) is 0 Å². The van der Waals surface area contributed by atoms with Crippen LogP contribution in [0.25, 0.3) is 0 Å². The van der Waals surface area contributed by atoms with E-state index in [1.807, 2.05) is 6.07 Å². The number of ether oxygens (including phenoxy) is 1. The Balaban J connectivity index is 1.45. The molecule has 1 aliphatic carbocycles. The van der Waals surface area contributed by atoms with Crippen LogP contribution in [0.5, 0.6) is 5.75 Å². The summed E-state index contributed by atoms with van der Waals surface area (Å²) in [6.45, 7) is 2.28. The van der Waals surface area contributed by atoms with Gasteiger partial charge in [0.05, 0.1) is 11.6 Å². The number of carbonyl (C=O) groups excluding carboxylic acids is 1. The normalized spacial score (nSPS) is 19.0. The predicted octanol–water partition coefficient (Wildman–Crippen LogP) is 6.17. The lowest BCUT2D eigenvalue weighted by molar-refractivity contribution is -0.134. The smallest absolute Gasteiger partial charge is 0.311 e. The summed E-state index contributed by atoms with van der Waals surface area (Å²) in [5.41, 5.74) is 3.16. The molecule has 0 aliphatic heterocycles. The summed E-state index contributed by atoms with van der Waals surface area (Å²) in [5, 5.41) is 8.80. The third-order valence-corrected chi connectivity index (χ3v) is 5.83. The quantitative estimate of drug-likeness (QED) is 0.429. The summed E-state index contributed by atoms with van der Waals surface area (Å²) in [5.74, 6) is 1.87. The van der Waals surface area contributed by atoms with Gasteiger partial charge in [0.2, 0.25) is 0 Å². The van der Waals surface area contributed by atoms with Gasteiger partial charge in [-0.2, -0.15) is 5.26 Å². The van der Waals surface area contributed by atoms with Crippen LogP contribution < -0.4 is 4.74 Å². The van der Waals surface area contributed by atoms with Gasteiger partial charge in [-0.25, -0.2) is 0 Å². The molecule has 146 valence electrons. The number of hydrogen-bond acceptors (Lipinski definition) is 3. The van der Waals surface area contributed by atoms with Crippen molar-refractivity contribution >= 4 is 5.97 Å². The molecule has 0 N–H and O–H groups in total. The molecule has 3 heteroatoms. The molecule has 3 rings (SSSR count). The molecule has 0 heterocycles. The minimum absolute atomic E-state index is 0.247. The monoisotopic (exact) mass is 375 g/mol. The maximum absolute atomic E-state index is 12.1. The van der Waals surface area contributed by atoms with E-state index in [0.717, 1.165) is 5.92 Å². The Kier molecular flexibility index (Phi) is 7.25. The molecule has 0 bridgehead atoms. The van der Waals surface area contributed by atoms with Crippen molar-refractivity contribution in [2.24, 2.45) is 5.92 Å². The summed E-state index contributed by atoms with van der Waals surface area (Å²) >= 11 is 0. The molecule has 1 fully saturated rings. The van der Waals surface area contributed by atoms with Crippen molar-refractivity contribution in [3.05, 3.63) is 65.2 Å². The minimum Gasteiger partial charge on any atom is -0.427 e. The lowest BCUT2D eigenvalue weighted by Crippen LogP contribution is -2.13. The zero-order valence-corrected chi connectivity index (χ0v) is 16.7. The molecular formula is C25H29NO2. The molecule has 28 heavy (non-hydrogen) atoms. The third kappa shape index (κ3) is 5.70. The van der Waals surface area contributed by atoms with Crippen molar-refractivity contribution < 1.29 is 9.53 Å². The van der Waals surface area contributed by atoms with Gasteiger partial charge in [0.1, 0.15) is 5.75 Å². The van der Waals surface area contributed by atoms with E-state index in [0.29, 0.717) is 30.1 Å². The Hall–Kier alpha value is -2.60. The standard InChI is InChI=1S/C25H29NO2/c1-2-3-19-4-11-22(12-5-19)23-13-6-20(7-14-23)10-17-25(27)28-24-15-8-21(18-26)9-16-24/h6-9,13-16,19,22H,2-5,10-12,17H2,1H3. The van der Waals surface area contributed by atoms with Crippen molar-refractivity contribution in [1.82, 2.24) is 0 Å². The Bertz CT molecular complexity index is 794. The number of aryl methyl sites for hydroxylation is 1. The maximum Gasteiger partial charge on any atom is 0.311 e. The second-order valence-corrected chi connectivity index (χ2v) is 7.86. The van der Waals surface area contributed by atoms with Crippen LogP contribution in [-0.4, -0.2) is 5.97 Å². The topological polar surface area (TPSA) is 50.1 Å². The molecule has 3 nitrogen and oxygen atoms in total. The Morgan fingerprint density at radius 1 is 1.04 bits per heavy atom. The summed E-state index contributed by atoms with van der Waals surface area (Å²) < 4.78 is 5.34. The highest BCUT2D eigenvalue weighted by molar-refractivity contribution is 5.72. The second kappa shape index (κ2) is 10.1. The molecule has 0 saturated heterocycles. The number of nitrogens with zero attached hydrogens (tertiary/aromatic N) is 1. The molecule has 1 aliphatic rings. The van der Waals surface area contributed by atoms with E-state index in [1.54, 1.807) is 24.3 Å². The number of carbonyl (C=O) groups is 1. The van der Waals surface area contributed by atoms with E-state index < -0.39 is 0 Å². The SMILES string of the molecule is CCCC1CCC(c2ccc(CCC(=O)Oc3ccc(C#N)cc3)cc2)CC1. The van der Waals surface area contributed by atoms with E-state index in [4.69, 9.17) is 10.00 Å². The van der Waals surface area contributed by atoms with Crippen LogP contribution in [-0.2, 0) is 11.2 Å². The van der Waals surface area contributed by atoms with Gasteiger partial charge < -0.3 is 4.74 Å². The average molecular weight is 376 g/mol. The van der Waals surface area contributed by atoms with Gasteiger partial charge >= 0.3 is 5.97 Å².